The normalized spacial score (nSPS) is 13.8. The smallest absolute Gasteiger partial charge is 1.00 e. The van der Waals surface area contributed by atoms with Crippen LogP contribution in [0.5, 0.6) is 0 Å². The van der Waals surface area contributed by atoms with Crippen LogP contribution in [0.15, 0.2) is 77.2 Å². The first kappa shape index (κ1) is 92.3. The van der Waals surface area contributed by atoms with Gasteiger partial charge in [0.05, 0.1) is 59.5 Å². The predicted octanol–water partition coefficient (Wildman–Crippen LogP) is 10.9. The maximum Gasteiger partial charge on any atom is 2.00 e. The second kappa shape index (κ2) is 43.3. The third-order valence-corrected chi connectivity index (χ3v) is 31.8. The summed E-state index contributed by atoms with van der Waals surface area (Å²) in [5.74, 6) is 0. The maximum absolute atomic E-state index is 12.6. The van der Waals surface area contributed by atoms with Gasteiger partial charge in [0, 0.05) is 63.6 Å². The molecule has 3 aromatic carbocycles. The maximum atomic E-state index is 12.6. The largest absolute Gasteiger partial charge is 2.00 e. The van der Waals surface area contributed by atoms with Crippen LogP contribution in [0.4, 0.5) is 0 Å². The van der Waals surface area contributed by atoms with E-state index in [0.29, 0.717) is 55.8 Å². The Balaban J connectivity index is -0.000000321. The van der Waals surface area contributed by atoms with E-state index in [4.69, 9.17) is 39.8 Å². The van der Waals surface area contributed by atoms with Gasteiger partial charge in [-0.2, -0.15) is 45.3 Å². The van der Waals surface area contributed by atoms with Crippen LogP contribution in [-0.4, -0.2) is 119 Å². The van der Waals surface area contributed by atoms with Gasteiger partial charge in [-0.15, -0.1) is 0 Å². The fraction of sp³-hybridized carbons (Fsp3) is 0.635. The van der Waals surface area contributed by atoms with Gasteiger partial charge >= 0.3 is 23.1 Å². The molecule has 0 saturated heterocycles. The van der Waals surface area contributed by atoms with Crippen molar-refractivity contribution >= 4 is 93.5 Å². The summed E-state index contributed by atoms with van der Waals surface area (Å²) < 4.78 is 59.1. The van der Waals surface area contributed by atoms with Crippen molar-refractivity contribution in [2.75, 3.05) is 26.4 Å². The number of nitrogens with two attached hydrogens (primary N) is 2. The molecule has 0 fully saturated rings. The number of aldehydes is 1. The van der Waals surface area contributed by atoms with Gasteiger partial charge in [-0.25, -0.2) is 22.6 Å². The van der Waals surface area contributed by atoms with Crippen molar-refractivity contribution in [3.63, 3.8) is 0 Å². The molecule has 0 heterocycles. The number of nitrogens with one attached hydrogen (secondary N) is 1. The van der Waals surface area contributed by atoms with Crippen LogP contribution in [0.1, 0.15) is 190 Å². The van der Waals surface area contributed by atoms with Gasteiger partial charge in [-0.05, 0) is 165 Å². The van der Waals surface area contributed by atoms with E-state index in [2.05, 4.69) is 123 Å². The Morgan fingerprint density at radius 1 is 0.628 bits per heavy atom. The number of nitriles is 3. The minimum atomic E-state index is -1.82. The molecular weight excluding hydrogens is 1270 g/mol. The van der Waals surface area contributed by atoms with Crippen molar-refractivity contribution in [1.82, 2.24) is 4.72 Å². The van der Waals surface area contributed by atoms with Crippen LogP contribution in [0.2, 0.25) is 54.4 Å². The van der Waals surface area contributed by atoms with Gasteiger partial charge in [0.2, 0.25) is 0 Å². The van der Waals surface area contributed by atoms with Crippen LogP contribution in [0, 0.1) is 40.1 Å². The van der Waals surface area contributed by atoms with Gasteiger partial charge in [0.25, 0.3) is 0 Å². The molecule has 0 saturated carbocycles. The Bertz CT molecular complexity index is 2610. The second-order valence-corrected chi connectivity index (χ2v) is 47.6. The average Bonchev–Trinajstić information content (AvgIpc) is 3.39. The topological polar surface area (TPSA) is 264 Å². The summed E-state index contributed by atoms with van der Waals surface area (Å²) in [5.41, 5.74) is 9.50. The van der Waals surface area contributed by atoms with E-state index in [1.807, 2.05) is 98.7 Å². The molecule has 6 N–H and O–H groups in total. The SMILES string of the molecule is CC(C)(C)[S@@](N)=O.CC(C)(C)[S@](=O)N=CCCO[Si](C)(C)C(C)(C)C.CC(C)(C)[S@](=O)N[C@@H](CCO[Si](C)(C)C(C)(C)C)c1cccc(C#N)c1.CC(C)(C)[Si](C)(C)OCCC=O.N#Cc1c[c-]ccc1.N#Cc1cccc([C@@H](N)CCO)c1.[Br-].[Mg+2]. The van der Waals surface area contributed by atoms with Crippen molar-refractivity contribution in [2.45, 2.75) is 231 Å². The zero-order valence-corrected chi connectivity index (χ0v) is 65.4. The predicted molar refractivity (Wildman–Crippen MR) is 368 cm³/mol. The first-order valence-corrected chi connectivity index (χ1v) is 40.7. The summed E-state index contributed by atoms with van der Waals surface area (Å²) in [6.45, 7) is 52.3. The molecule has 0 aromatic heterocycles. The third kappa shape index (κ3) is 41.0. The van der Waals surface area contributed by atoms with E-state index in [9.17, 15) is 22.7 Å². The average molecular weight is 1380 g/mol. The molecule has 0 aliphatic rings. The zero-order chi connectivity index (χ0) is 66.2. The minimum absolute atomic E-state index is 0. The number of rotatable bonds is 19. The van der Waals surface area contributed by atoms with Gasteiger partial charge in [-0.1, -0.05) is 92.1 Å². The van der Waals surface area contributed by atoms with Gasteiger partial charge in [0.1, 0.15) is 17.3 Å². The molecule has 0 amide bonds. The molecule has 0 aliphatic heterocycles. The zero-order valence-electron chi connectivity index (χ0n) is 57.0. The number of aliphatic hydroxyl groups is 1. The van der Waals surface area contributed by atoms with Crippen LogP contribution >= 0.6 is 0 Å². The first-order chi connectivity index (χ1) is 38.1. The molecule has 0 spiro atoms. The fourth-order valence-corrected chi connectivity index (χ4v) is 9.73. The van der Waals surface area contributed by atoms with E-state index >= 15 is 0 Å². The molecule has 5 atom stereocenters. The van der Waals surface area contributed by atoms with E-state index in [1.54, 1.807) is 54.7 Å². The van der Waals surface area contributed by atoms with E-state index in [0.717, 1.165) is 23.8 Å². The molecule has 0 radical (unpaired) electrons. The summed E-state index contributed by atoms with van der Waals surface area (Å²) in [5, 5.41) is 40.4. The molecule has 15 nitrogen and oxygen atoms in total. The van der Waals surface area contributed by atoms with Gasteiger partial charge in [0.15, 0.2) is 25.0 Å². The molecule has 0 unspecified atom stereocenters. The van der Waals surface area contributed by atoms with E-state index in [1.165, 1.54) is 0 Å². The second-order valence-electron chi connectivity index (χ2n) is 27.5. The van der Waals surface area contributed by atoms with Crippen molar-refractivity contribution in [3.8, 4) is 18.2 Å². The summed E-state index contributed by atoms with van der Waals surface area (Å²) in [4.78, 5) is 10.1. The van der Waals surface area contributed by atoms with Gasteiger partial charge < -0.3 is 45.9 Å². The van der Waals surface area contributed by atoms with Crippen molar-refractivity contribution in [1.29, 1.82) is 15.8 Å². The monoisotopic (exact) mass is 1380 g/mol. The van der Waals surface area contributed by atoms with Gasteiger partial charge in [-0.3, -0.25) is 5.14 Å². The number of nitrogens with zero attached hydrogens (tertiary/aromatic N) is 4. The minimum Gasteiger partial charge on any atom is -1.00 e. The summed E-state index contributed by atoms with van der Waals surface area (Å²) >= 11 is 0. The van der Waals surface area contributed by atoms with Crippen molar-refractivity contribution < 1.29 is 52.8 Å². The molecular formula is C63H110BrMgN7O8S3Si3. The Hall–Kier alpha value is -2.46. The molecule has 3 aromatic rings. The van der Waals surface area contributed by atoms with E-state index in [-0.39, 0.29) is 88.1 Å². The fourth-order valence-electron chi connectivity index (χ4n) is 5.12. The number of benzene rings is 3. The van der Waals surface area contributed by atoms with Crippen molar-refractivity contribution in [3.05, 3.63) is 107 Å². The summed E-state index contributed by atoms with van der Waals surface area (Å²) in [6.07, 6.45) is 5.13. The number of halogens is 1. The molecule has 23 heteroatoms. The third-order valence-electron chi connectivity index (χ3n) is 13.9. The Morgan fingerprint density at radius 2 is 1.02 bits per heavy atom. The summed E-state index contributed by atoms with van der Waals surface area (Å²) in [7, 11) is -8.61. The first-order valence-electron chi connectivity index (χ1n) is 28.5. The molecule has 484 valence electrons. The Kier molecular flexibility index (Phi) is 46.5. The standard InChI is InChI=1S/C20H34N2O2SSi.C13H29NO2SSi.C10H12N2O.C9H20O2Si.C7H4N.C4H11NOS.BrH.Mg/c1-19(2,3)25(23)22-18(17-11-9-10-16(14-17)15-21)12-13-24-26(7,8)20(4,5)6;1-12(2,3)17(15)14-10-9-11-16-18(7,8)13(4,5)6;11-7-8-2-1-3-9(6-8)10(12)4-5-13;1-9(2,3)12(4,5)11-8-6-7-10;8-6-7-4-2-1-3-5-7;1-4(2,3)7(5)6;;/h9-11,14,18,22H,12-13H2,1-8H3;10H,9,11H2,1-8H3;1-3,6,10,13H,4-5,12H2;7H,6,8H2,1-5H3;1-2,4-5H;5H2,1-3H3;1H;/q;;;;-1;;;+2/p-1/t18-,25-;17-;10-;;;7-;;/m000..0../s1. The molecule has 0 bridgehead atoms. The number of aliphatic hydroxyl groups excluding tert-OH is 1. The number of carbonyl (C=O) groups is 1. The summed E-state index contributed by atoms with van der Waals surface area (Å²) in [6, 6.07) is 30.3. The van der Waals surface area contributed by atoms with Crippen LogP contribution < -0.4 is 32.6 Å². The van der Waals surface area contributed by atoms with Crippen LogP contribution in [0.25, 0.3) is 0 Å². The van der Waals surface area contributed by atoms with Crippen LogP contribution in [-0.2, 0) is 51.0 Å². The molecule has 86 heavy (non-hydrogen) atoms. The number of hydrogen-bond acceptors (Lipinski definition) is 12. The van der Waals surface area contributed by atoms with Crippen molar-refractivity contribution in [2.24, 2.45) is 15.3 Å². The van der Waals surface area contributed by atoms with Crippen LogP contribution in [0.3, 0.4) is 0 Å². The Labute approximate surface area is 559 Å². The Morgan fingerprint density at radius 3 is 1.36 bits per heavy atom. The number of carbonyl (C=O) groups excluding carboxylic acids is 1. The quantitative estimate of drug-likeness (QED) is 0.0287. The molecule has 0 aliphatic carbocycles. The molecule has 3 rings (SSSR count). The van der Waals surface area contributed by atoms with E-state index < -0.39 is 57.9 Å². The number of hydrogen-bond donors (Lipinski definition) is 4.